The number of anilines is 4. The lowest BCUT2D eigenvalue weighted by Crippen LogP contribution is -2.07. The van der Waals surface area contributed by atoms with E-state index in [1.165, 1.54) is 19.4 Å². The summed E-state index contributed by atoms with van der Waals surface area (Å²) in [5, 5.41) is 12.9. The highest BCUT2D eigenvalue weighted by Crippen LogP contribution is 2.36. The Labute approximate surface area is 157 Å². The van der Waals surface area contributed by atoms with E-state index in [1.54, 1.807) is 12.1 Å². The van der Waals surface area contributed by atoms with Gasteiger partial charge in [-0.15, -0.1) is 5.10 Å². The predicted molar refractivity (Wildman–Crippen MR) is 95.8 cm³/mol. The molecule has 0 aliphatic carbocycles. The molecule has 6 nitrogen and oxygen atoms in total. The number of halogens is 4. The Hall–Kier alpha value is -3.07. The SMILES string of the molecule is COc1ccccc1Nc1cnnc(Nc2ccc(Cl)c(C(F)(F)F)c2)n1. The minimum Gasteiger partial charge on any atom is -0.495 e. The summed E-state index contributed by atoms with van der Waals surface area (Å²) in [7, 11) is 1.53. The highest BCUT2D eigenvalue weighted by atomic mass is 35.5. The number of methoxy groups -OCH3 is 1. The van der Waals surface area contributed by atoms with Crippen LogP contribution in [0.5, 0.6) is 5.75 Å². The molecule has 0 fully saturated rings. The quantitative estimate of drug-likeness (QED) is 0.630. The van der Waals surface area contributed by atoms with E-state index in [0.717, 1.165) is 12.1 Å². The van der Waals surface area contributed by atoms with Crippen LogP contribution in [0.25, 0.3) is 0 Å². The molecule has 2 aromatic carbocycles. The molecule has 0 saturated carbocycles. The number of ether oxygens (including phenoxy) is 1. The first-order valence-corrected chi connectivity index (χ1v) is 7.98. The van der Waals surface area contributed by atoms with Gasteiger partial charge in [0.25, 0.3) is 0 Å². The summed E-state index contributed by atoms with van der Waals surface area (Å²) in [5.41, 5.74) is -0.175. The zero-order valence-electron chi connectivity index (χ0n) is 13.9. The normalized spacial score (nSPS) is 11.1. The molecule has 0 aliphatic heterocycles. The fraction of sp³-hybridized carbons (Fsp3) is 0.118. The first-order valence-electron chi connectivity index (χ1n) is 7.60. The van der Waals surface area contributed by atoms with Gasteiger partial charge in [-0.05, 0) is 30.3 Å². The van der Waals surface area contributed by atoms with Crippen molar-refractivity contribution in [1.82, 2.24) is 15.2 Å². The van der Waals surface area contributed by atoms with Crippen molar-refractivity contribution in [1.29, 1.82) is 0 Å². The lowest BCUT2D eigenvalue weighted by atomic mass is 10.2. The number of para-hydroxylation sites is 2. The smallest absolute Gasteiger partial charge is 0.417 e. The number of nitrogens with zero attached hydrogens (tertiary/aromatic N) is 3. The third-order valence-electron chi connectivity index (χ3n) is 3.46. The van der Waals surface area contributed by atoms with Gasteiger partial charge in [-0.25, -0.2) is 0 Å². The largest absolute Gasteiger partial charge is 0.495 e. The first-order chi connectivity index (χ1) is 12.9. The maximum Gasteiger partial charge on any atom is 0.417 e. The van der Waals surface area contributed by atoms with E-state index >= 15 is 0 Å². The minimum absolute atomic E-state index is 0.0188. The highest BCUT2D eigenvalue weighted by Gasteiger charge is 2.33. The van der Waals surface area contributed by atoms with Crippen molar-refractivity contribution in [3.63, 3.8) is 0 Å². The van der Waals surface area contributed by atoms with E-state index in [0.29, 0.717) is 17.3 Å². The molecule has 27 heavy (non-hydrogen) atoms. The van der Waals surface area contributed by atoms with Crippen LogP contribution in [0.4, 0.5) is 36.3 Å². The van der Waals surface area contributed by atoms with Crippen LogP contribution < -0.4 is 15.4 Å². The van der Waals surface area contributed by atoms with Gasteiger partial charge in [-0.2, -0.15) is 23.3 Å². The van der Waals surface area contributed by atoms with Gasteiger partial charge >= 0.3 is 6.18 Å². The number of rotatable bonds is 5. The van der Waals surface area contributed by atoms with E-state index in [9.17, 15) is 13.2 Å². The van der Waals surface area contributed by atoms with Gasteiger partial charge in [0, 0.05) is 5.69 Å². The van der Waals surface area contributed by atoms with Gasteiger partial charge in [0.15, 0.2) is 5.82 Å². The summed E-state index contributed by atoms with van der Waals surface area (Å²) < 4.78 is 44.1. The number of benzene rings is 2. The molecular formula is C17H13ClF3N5O. The minimum atomic E-state index is -4.57. The molecule has 0 aliphatic rings. The Morgan fingerprint density at radius 2 is 1.85 bits per heavy atom. The second-order valence-electron chi connectivity index (χ2n) is 5.31. The van der Waals surface area contributed by atoms with Crippen LogP contribution in [-0.2, 0) is 6.18 Å². The van der Waals surface area contributed by atoms with Crippen LogP contribution in [0, 0.1) is 0 Å². The average Bonchev–Trinajstić information content (AvgIpc) is 2.63. The maximum atomic E-state index is 13.0. The second kappa shape index (κ2) is 7.67. The number of nitrogens with one attached hydrogen (secondary N) is 2. The molecule has 10 heteroatoms. The van der Waals surface area contributed by atoms with Gasteiger partial charge in [-0.1, -0.05) is 23.7 Å². The average molecular weight is 396 g/mol. The molecule has 0 radical (unpaired) electrons. The van der Waals surface area contributed by atoms with Gasteiger partial charge in [0.2, 0.25) is 5.95 Å². The predicted octanol–water partition coefficient (Wildman–Crippen LogP) is 5.04. The zero-order valence-corrected chi connectivity index (χ0v) is 14.6. The molecule has 0 amide bonds. The van der Waals surface area contributed by atoms with Crippen LogP contribution in [0.15, 0.2) is 48.7 Å². The third-order valence-corrected chi connectivity index (χ3v) is 3.79. The standard InChI is InChI=1S/C17H13ClF3N5O/c1-27-14-5-3-2-4-13(14)24-15-9-22-26-16(25-15)23-10-6-7-12(18)11(8-10)17(19,20)21/h2-9H,1H3,(H2,23,24,25,26). The van der Waals surface area contributed by atoms with Crippen molar-refractivity contribution in [3.8, 4) is 5.75 Å². The van der Waals surface area contributed by atoms with Gasteiger partial charge in [0.1, 0.15) is 5.75 Å². The van der Waals surface area contributed by atoms with Crippen molar-refractivity contribution in [3.05, 3.63) is 59.2 Å². The number of hydrogen-bond donors (Lipinski definition) is 2. The lowest BCUT2D eigenvalue weighted by Gasteiger charge is -2.12. The Morgan fingerprint density at radius 1 is 1.07 bits per heavy atom. The van der Waals surface area contributed by atoms with E-state index in [-0.39, 0.29) is 11.6 Å². The molecule has 140 valence electrons. The lowest BCUT2D eigenvalue weighted by molar-refractivity contribution is -0.137. The maximum absolute atomic E-state index is 13.0. The van der Waals surface area contributed by atoms with E-state index in [2.05, 4.69) is 25.8 Å². The Morgan fingerprint density at radius 3 is 2.59 bits per heavy atom. The summed E-state index contributed by atoms with van der Waals surface area (Å²) in [5.74, 6) is 0.950. The van der Waals surface area contributed by atoms with Crippen LogP contribution in [0.1, 0.15) is 5.56 Å². The zero-order chi connectivity index (χ0) is 19.4. The third kappa shape index (κ3) is 4.56. The van der Waals surface area contributed by atoms with Crippen LogP contribution >= 0.6 is 11.6 Å². The Kier molecular flexibility index (Phi) is 5.31. The van der Waals surface area contributed by atoms with Crippen molar-refractivity contribution in [2.45, 2.75) is 6.18 Å². The summed E-state index contributed by atoms with van der Waals surface area (Å²) in [4.78, 5) is 4.19. The molecule has 0 spiro atoms. The number of aromatic nitrogens is 3. The summed E-state index contributed by atoms with van der Waals surface area (Å²) in [6.07, 6.45) is -3.19. The van der Waals surface area contributed by atoms with E-state index < -0.39 is 16.8 Å². The van der Waals surface area contributed by atoms with Crippen LogP contribution in [0.3, 0.4) is 0 Å². The topological polar surface area (TPSA) is 72.0 Å². The molecule has 3 rings (SSSR count). The van der Waals surface area contributed by atoms with Crippen molar-refractivity contribution >= 4 is 34.7 Å². The first kappa shape index (κ1) is 18.7. The van der Waals surface area contributed by atoms with Crippen LogP contribution in [-0.4, -0.2) is 22.3 Å². The number of alkyl halides is 3. The summed E-state index contributed by atoms with van der Waals surface area (Å²) >= 11 is 5.61. The van der Waals surface area contributed by atoms with Gasteiger partial charge < -0.3 is 15.4 Å². The Bertz CT molecular complexity index is 952. The van der Waals surface area contributed by atoms with Crippen molar-refractivity contribution < 1.29 is 17.9 Å². The molecule has 0 saturated heterocycles. The second-order valence-corrected chi connectivity index (χ2v) is 5.72. The highest BCUT2D eigenvalue weighted by molar-refractivity contribution is 6.31. The van der Waals surface area contributed by atoms with Gasteiger partial charge in [-0.3, -0.25) is 0 Å². The number of hydrogen-bond acceptors (Lipinski definition) is 6. The molecule has 0 atom stereocenters. The molecule has 0 unspecified atom stereocenters. The summed E-state index contributed by atoms with van der Waals surface area (Å²) in [6.45, 7) is 0. The van der Waals surface area contributed by atoms with Crippen molar-refractivity contribution in [2.75, 3.05) is 17.7 Å². The van der Waals surface area contributed by atoms with E-state index in [1.807, 2.05) is 12.1 Å². The van der Waals surface area contributed by atoms with Crippen molar-refractivity contribution in [2.24, 2.45) is 0 Å². The fourth-order valence-electron chi connectivity index (χ4n) is 2.25. The molecular weight excluding hydrogens is 383 g/mol. The monoisotopic (exact) mass is 395 g/mol. The summed E-state index contributed by atoms with van der Waals surface area (Å²) in [6, 6.07) is 10.6. The van der Waals surface area contributed by atoms with E-state index in [4.69, 9.17) is 16.3 Å². The molecule has 1 heterocycles. The van der Waals surface area contributed by atoms with Crippen LogP contribution in [0.2, 0.25) is 5.02 Å². The molecule has 0 bridgehead atoms. The molecule has 1 aromatic heterocycles. The molecule has 2 N–H and O–H groups in total. The van der Waals surface area contributed by atoms with Gasteiger partial charge in [0.05, 0.1) is 29.6 Å². The Balaban J connectivity index is 1.82. The molecule has 3 aromatic rings. The fourth-order valence-corrected chi connectivity index (χ4v) is 2.48.